The third kappa shape index (κ3) is 1.16. The molecule has 0 atom stereocenters. The number of hydrogen-bond donors (Lipinski definition) is 0. The molecule has 11 heavy (non-hydrogen) atoms. The minimum absolute atomic E-state index is 0.0902. The van der Waals surface area contributed by atoms with Crippen molar-refractivity contribution in [1.29, 1.82) is 0 Å². The maximum Gasteiger partial charge on any atom is 0.187 e. The van der Waals surface area contributed by atoms with Crippen molar-refractivity contribution in [1.82, 2.24) is 0 Å². The highest BCUT2D eigenvalue weighted by atomic mass is 32.2. The molecule has 0 amide bonds. The molecule has 0 spiro atoms. The van der Waals surface area contributed by atoms with Crippen LogP contribution in [0.3, 0.4) is 0 Å². The Hall–Kier alpha value is -0.830. The lowest BCUT2D eigenvalue weighted by Crippen LogP contribution is -2.19. The van der Waals surface area contributed by atoms with Crippen LogP contribution in [-0.2, 0) is 0 Å². The van der Waals surface area contributed by atoms with Gasteiger partial charge in [-0.15, -0.1) is 11.8 Å². The molecule has 2 rings (SSSR count). The van der Waals surface area contributed by atoms with E-state index in [1.54, 1.807) is 11.8 Å². The van der Waals surface area contributed by atoms with Gasteiger partial charge in [-0.3, -0.25) is 0 Å². The SMILES string of the molecule is CSC1N=c2ccccc2=N1. The standard InChI is InChI=1S/C8H8N2S/c1-11-8-9-6-4-2-3-5-7(6)10-8/h2-5,8H,1H3. The molecule has 1 heterocycles. The molecule has 56 valence electrons. The van der Waals surface area contributed by atoms with Gasteiger partial charge in [-0.25, -0.2) is 9.98 Å². The summed E-state index contributed by atoms with van der Waals surface area (Å²) in [6, 6.07) is 7.96. The Balaban J connectivity index is 2.61. The van der Waals surface area contributed by atoms with E-state index >= 15 is 0 Å². The van der Waals surface area contributed by atoms with Gasteiger partial charge in [-0.1, -0.05) is 12.1 Å². The van der Waals surface area contributed by atoms with Crippen LogP contribution in [0.1, 0.15) is 0 Å². The first-order valence-corrected chi connectivity index (χ1v) is 4.72. The Morgan fingerprint density at radius 1 is 1.18 bits per heavy atom. The maximum atomic E-state index is 4.37. The van der Waals surface area contributed by atoms with Crippen LogP contribution in [0, 0.1) is 0 Å². The maximum absolute atomic E-state index is 4.37. The highest BCUT2D eigenvalue weighted by Crippen LogP contribution is 2.08. The molecule has 3 heteroatoms. The molecule has 0 N–H and O–H groups in total. The summed E-state index contributed by atoms with van der Waals surface area (Å²) >= 11 is 1.66. The predicted molar refractivity (Wildman–Crippen MR) is 46.1 cm³/mol. The third-order valence-electron chi connectivity index (χ3n) is 1.59. The zero-order valence-electron chi connectivity index (χ0n) is 6.19. The smallest absolute Gasteiger partial charge is 0.187 e. The van der Waals surface area contributed by atoms with Crippen LogP contribution in [-0.4, -0.2) is 11.8 Å². The van der Waals surface area contributed by atoms with Crippen molar-refractivity contribution in [2.24, 2.45) is 9.98 Å². The van der Waals surface area contributed by atoms with Crippen molar-refractivity contribution in [2.45, 2.75) is 5.50 Å². The van der Waals surface area contributed by atoms with E-state index in [4.69, 9.17) is 0 Å². The Kier molecular flexibility index (Phi) is 1.66. The second-order valence-electron chi connectivity index (χ2n) is 2.31. The van der Waals surface area contributed by atoms with E-state index < -0.39 is 0 Å². The summed E-state index contributed by atoms with van der Waals surface area (Å²) in [4.78, 5) is 8.73. The average Bonchev–Trinajstić information content (AvgIpc) is 2.46. The van der Waals surface area contributed by atoms with E-state index in [1.165, 1.54) is 0 Å². The number of rotatable bonds is 1. The monoisotopic (exact) mass is 164 g/mol. The van der Waals surface area contributed by atoms with Gasteiger partial charge in [0.2, 0.25) is 0 Å². The fourth-order valence-electron chi connectivity index (χ4n) is 1.05. The Morgan fingerprint density at radius 3 is 2.18 bits per heavy atom. The summed E-state index contributed by atoms with van der Waals surface area (Å²) in [5, 5.41) is 2.04. The van der Waals surface area contributed by atoms with Crippen molar-refractivity contribution >= 4 is 11.8 Å². The molecule has 1 aliphatic rings. The quantitative estimate of drug-likeness (QED) is 0.596. The number of hydrogen-bond acceptors (Lipinski definition) is 3. The lowest BCUT2D eigenvalue weighted by atomic mass is 10.3. The first-order chi connectivity index (χ1) is 5.40. The fraction of sp³-hybridized carbons (Fsp3) is 0.250. The highest BCUT2D eigenvalue weighted by molar-refractivity contribution is 7.99. The highest BCUT2D eigenvalue weighted by Gasteiger charge is 2.05. The van der Waals surface area contributed by atoms with Gasteiger partial charge in [-0.05, 0) is 18.4 Å². The molecule has 0 bridgehead atoms. The normalized spacial score (nSPS) is 15.4. The van der Waals surface area contributed by atoms with Crippen LogP contribution >= 0.6 is 11.8 Å². The minimum atomic E-state index is 0.0902. The predicted octanol–water partition coefficient (Wildman–Crippen LogP) is 0.586. The van der Waals surface area contributed by atoms with E-state index in [0.717, 1.165) is 10.7 Å². The van der Waals surface area contributed by atoms with Crippen molar-refractivity contribution in [2.75, 3.05) is 6.26 Å². The molecule has 0 saturated carbocycles. The van der Waals surface area contributed by atoms with Gasteiger partial charge in [0.1, 0.15) is 0 Å². The second kappa shape index (κ2) is 2.66. The van der Waals surface area contributed by atoms with E-state index in [0.29, 0.717) is 0 Å². The first kappa shape index (κ1) is 6.85. The zero-order chi connectivity index (χ0) is 7.68. The molecule has 0 radical (unpaired) electrons. The lowest BCUT2D eigenvalue weighted by molar-refractivity contribution is 0.980. The Bertz CT molecular complexity index is 337. The van der Waals surface area contributed by atoms with Gasteiger partial charge in [0.15, 0.2) is 5.50 Å². The number of benzene rings is 1. The second-order valence-corrected chi connectivity index (χ2v) is 3.20. The van der Waals surface area contributed by atoms with Gasteiger partial charge in [0, 0.05) is 0 Å². The lowest BCUT2D eigenvalue weighted by Gasteiger charge is -1.93. The summed E-state index contributed by atoms with van der Waals surface area (Å²) in [7, 11) is 0. The number of para-hydroxylation sites is 2. The van der Waals surface area contributed by atoms with Gasteiger partial charge in [-0.2, -0.15) is 0 Å². The molecule has 0 unspecified atom stereocenters. The van der Waals surface area contributed by atoms with Gasteiger partial charge < -0.3 is 0 Å². The minimum Gasteiger partial charge on any atom is -0.246 e. The third-order valence-corrected chi connectivity index (χ3v) is 2.22. The Morgan fingerprint density at radius 2 is 1.73 bits per heavy atom. The topological polar surface area (TPSA) is 24.7 Å². The van der Waals surface area contributed by atoms with Crippen LogP contribution in [0.15, 0.2) is 34.3 Å². The Labute approximate surface area is 69.1 Å². The molecular formula is C8H8N2S. The molecule has 0 saturated heterocycles. The van der Waals surface area contributed by atoms with Crippen LogP contribution in [0.4, 0.5) is 0 Å². The van der Waals surface area contributed by atoms with Crippen LogP contribution in [0.25, 0.3) is 0 Å². The first-order valence-electron chi connectivity index (χ1n) is 3.43. The van der Waals surface area contributed by atoms with E-state index in [9.17, 15) is 0 Å². The van der Waals surface area contributed by atoms with Crippen LogP contribution in [0.5, 0.6) is 0 Å². The van der Waals surface area contributed by atoms with E-state index in [1.807, 2.05) is 30.5 Å². The fourth-order valence-corrected chi connectivity index (χ4v) is 1.49. The van der Waals surface area contributed by atoms with Crippen molar-refractivity contribution < 1.29 is 0 Å². The average molecular weight is 164 g/mol. The molecule has 2 nitrogen and oxygen atoms in total. The summed E-state index contributed by atoms with van der Waals surface area (Å²) in [6.45, 7) is 0. The molecule has 1 aliphatic heterocycles. The van der Waals surface area contributed by atoms with Crippen molar-refractivity contribution in [3.05, 3.63) is 35.0 Å². The summed E-state index contributed by atoms with van der Waals surface area (Å²) in [5.74, 6) is 0. The van der Waals surface area contributed by atoms with Gasteiger partial charge in [0.05, 0.1) is 10.7 Å². The van der Waals surface area contributed by atoms with Crippen LogP contribution in [0.2, 0.25) is 0 Å². The summed E-state index contributed by atoms with van der Waals surface area (Å²) < 4.78 is 0. The number of fused-ring (bicyclic) bond motifs is 1. The number of nitrogens with zero attached hydrogens (tertiary/aromatic N) is 2. The van der Waals surface area contributed by atoms with Crippen LogP contribution < -0.4 is 10.7 Å². The summed E-state index contributed by atoms with van der Waals surface area (Å²) in [6.07, 6.45) is 2.02. The molecular weight excluding hydrogens is 156 g/mol. The molecule has 0 fully saturated rings. The van der Waals surface area contributed by atoms with Gasteiger partial charge in [0.25, 0.3) is 0 Å². The molecule has 1 aromatic rings. The number of thioether (sulfide) groups is 1. The largest absolute Gasteiger partial charge is 0.246 e. The molecule has 0 aromatic heterocycles. The van der Waals surface area contributed by atoms with E-state index in [2.05, 4.69) is 9.98 Å². The van der Waals surface area contributed by atoms with Crippen molar-refractivity contribution in [3.63, 3.8) is 0 Å². The van der Waals surface area contributed by atoms with Crippen molar-refractivity contribution in [3.8, 4) is 0 Å². The molecule has 0 aliphatic carbocycles. The van der Waals surface area contributed by atoms with E-state index in [-0.39, 0.29) is 5.50 Å². The zero-order valence-corrected chi connectivity index (χ0v) is 7.01. The van der Waals surface area contributed by atoms with Gasteiger partial charge >= 0.3 is 0 Å². The summed E-state index contributed by atoms with van der Waals surface area (Å²) in [5.41, 5.74) is 0.0902. The molecule has 1 aromatic carbocycles.